The molecule has 2 N–H and O–H groups in total. The molecule has 0 aliphatic heterocycles. The topological polar surface area (TPSA) is 83.5 Å². The van der Waals surface area contributed by atoms with E-state index in [1.807, 2.05) is 11.5 Å². The highest BCUT2D eigenvalue weighted by Crippen LogP contribution is 1.93. The van der Waals surface area contributed by atoms with Crippen LogP contribution in [0.15, 0.2) is 29.8 Å². The summed E-state index contributed by atoms with van der Waals surface area (Å²) >= 11 is 0. The number of carbonyl (C=O) groups excluding carboxylic acids is 1. The predicted octanol–water partition coefficient (Wildman–Crippen LogP) is -0.0312. The largest absolute Gasteiger partial charge is 0.350 e. The number of hydrogen-bond donors (Lipinski definition) is 2. The summed E-state index contributed by atoms with van der Waals surface area (Å²) < 4.78 is 0. The molecule has 6 heteroatoms. The molecule has 74 valence electrons. The van der Waals surface area contributed by atoms with Crippen molar-refractivity contribution in [3.8, 4) is 0 Å². The van der Waals surface area contributed by atoms with Gasteiger partial charge in [0.05, 0.1) is 5.29 Å². The third-order valence-corrected chi connectivity index (χ3v) is 1.52. The Hall–Kier alpha value is -1.98. The average Bonchev–Trinajstić information content (AvgIpc) is 2.25. The van der Waals surface area contributed by atoms with E-state index in [-0.39, 0.29) is 12.5 Å². The summed E-state index contributed by atoms with van der Waals surface area (Å²) in [6.07, 6.45) is 3.31. The molecule has 1 heterocycles. The fourth-order valence-electron chi connectivity index (χ4n) is 0.870. The summed E-state index contributed by atoms with van der Waals surface area (Å²) in [7, 11) is 0. The van der Waals surface area contributed by atoms with E-state index in [1.54, 1.807) is 18.5 Å². The highest BCUT2D eigenvalue weighted by molar-refractivity contribution is 5.77. The Kier molecular flexibility index (Phi) is 4.06. The molecule has 14 heavy (non-hydrogen) atoms. The molecule has 0 spiro atoms. The van der Waals surface area contributed by atoms with Gasteiger partial charge in [0.1, 0.15) is 6.54 Å². The number of nitroso groups, excluding NO2 is 1. The van der Waals surface area contributed by atoms with Gasteiger partial charge in [0.2, 0.25) is 5.91 Å². The Morgan fingerprint density at radius 1 is 1.57 bits per heavy atom. The van der Waals surface area contributed by atoms with Gasteiger partial charge in [0, 0.05) is 18.9 Å². The van der Waals surface area contributed by atoms with Crippen LogP contribution in [0.4, 0.5) is 0 Å². The molecule has 0 bridgehead atoms. The molecule has 0 saturated heterocycles. The molecule has 0 fully saturated rings. The van der Waals surface area contributed by atoms with Crippen molar-refractivity contribution < 1.29 is 4.79 Å². The van der Waals surface area contributed by atoms with Crippen LogP contribution in [0.1, 0.15) is 5.56 Å². The summed E-state index contributed by atoms with van der Waals surface area (Å²) in [4.78, 5) is 24.5. The maximum Gasteiger partial charge on any atom is 0.241 e. The van der Waals surface area contributed by atoms with Crippen molar-refractivity contribution in [2.24, 2.45) is 5.29 Å². The standard InChI is InChI=1S/C8H10N4O2/c13-8(6-11-12-14)10-5-7-2-1-3-9-4-7/h1-4H,5-6H2,(H,10,13)(H,11,14). The summed E-state index contributed by atoms with van der Waals surface area (Å²) in [6, 6.07) is 3.63. The van der Waals surface area contributed by atoms with E-state index < -0.39 is 0 Å². The molecule has 0 unspecified atom stereocenters. The van der Waals surface area contributed by atoms with Gasteiger partial charge in [0.25, 0.3) is 0 Å². The zero-order valence-corrected chi connectivity index (χ0v) is 7.43. The third kappa shape index (κ3) is 3.61. The Balaban J connectivity index is 2.27. The van der Waals surface area contributed by atoms with Gasteiger partial charge in [0.15, 0.2) is 0 Å². The maximum absolute atomic E-state index is 11.0. The van der Waals surface area contributed by atoms with Crippen molar-refractivity contribution in [3.05, 3.63) is 35.0 Å². The minimum atomic E-state index is -0.284. The van der Waals surface area contributed by atoms with Crippen LogP contribution >= 0.6 is 0 Å². The van der Waals surface area contributed by atoms with E-state index in [9.17, 15) is 9.70 Å². The van der Waals surface area contributed by atoms with E-state index in [1.165, 1.54) is 0 Å². The van der Waals surface area contributed by atoms with Crippen molar-refractivity contribution in [1.82, 2.24) is 15.7 Å². The fraction of sp³-hybridized carbons (Fsp3) is 0.250. The zero-order valence-electron chi connectivity index (χ0n) is 7.43. The van der Waals surface area contributed by atoms with E-state index in [4.69, 9.17) is 0 Å². The van der Waals surface area contributed by atoms with Gasteiger partial charge in [-0.15, -0.1) is 4.91 Å². The van der Waals surface area contributed by atoms with E-state index in [0.717, 1.165) is 5.56 Å². The van der Waals surface area contributed by atoms with Crippen LogP contribution in [-0.2, 0) is 11.3 Å². The first kappa shape index (κ1) is 10.1. The van der Waals surface area contributed by atoms with Crippen LogP contribution in [-0.4, -0.2) is 17.4 Å². The zero-order chi connectivity index (χ0) is 10.2. The summed E-state index contributed by atoms with van der Waals surface area (Å²) in [5.41, 5.74) is 2.93. The highest BCUT2D eigenvalue weighted by Gasteiger charge is 1.99. The van der Waals surface area contributed by atoms with Gasteiger partial charge >= 0.3 is 0 Å². The predicted molar refractivity (Wildman–Crippen MR) is 49.9 cm³/mol. The monoisotopic (exact) mass is 194 g/mol. The molecular formula is C8H10N4O2. The molecule has 0 saturated carbocycles. The van der Waals surface area contributed by atoms with Crippen LogP contribution in [0, 0.1) is 4.91 Å². The molecule has 0 aliphatic carbocycles. The maximum atomic E-state index is 11.0. The molecule has 1 aromatic rings. The van der Waals surface area contributed by atoms with Crippen LogP contribution in [0.25, 0.3) is 0 Å². The molecule has 1 amide bonds. The van der Waals surface area contributed by atoms with Gasteiger partial charge in [-0.2, -0.15) is 0 Å². The van der Waals surface area contributed by atoms with E-state index in [2.05, 4.69) is 15.6 Å². The lowest BCUT2D eigenvalue weighted by Crippen LogP contribution is -2.31. The number of amides is 1. The Labute approximate surface area is 80.7 Å². The molecule has 1 rings (SSSR count). The van der Waals surface area contributed by atoms with Gasteiger partial charge in [-0.1, -0.05) is 6.07 Å². The minimum absolute atomic E-state index is 0.107. The minimum Gasteiger partial charge on any atom is -0.350 e. The number of nitrogens with one attached hydrogen (secondary N) is 2. The second-order valence-corrected chi connectivity index (χ2v) is 2.56. The first-order valence-corrected chi connectivity index (χ1v) is 4.03. The second kappa shape index (κ2) is 5.63. The van der Waals surface area contributed by atoms with Gasteiger partial charge in [-0.05, 0) is 11.6 Å². The molecule has 1 aromatic heterocycles. The van der Waals surface area contributed by atoms with Gasteiger partial charge < -0.3 is 5.32 Å². The Morgan fingerprint density at radius 3 is 3.07 bits per heavy atom. The molecule has 0 radical (unpaired) electrons. The Bertz CT molecular complexity index is 301. The van der Waals surface area contributed by atoms with Gasteiger partial charge in [-0.3, -0.25) is 15.2 Å². The van der Waals surface area contributed by atoms with Crippen LogP contribution in [0.3, 0.4) is 0 Å². The average molecular weight is 194 g/mol. The first-order valence-electron chi connectivity index (χ1n) is 4.03. The van der Waals surface area contributed by atoms with Crippen molar-refractivity contribution in [2.45, 2.75) is 6.54 Å². The SMILES string of the molecule is O=NNCC(=O)NCc1cccnc1. The molecular weight excluding hydrogens is 184 g/mol. The second-order valence-electron chi connectivity index (χ2n) is 2.56. The third-order valence-electron chi connectivity index (χ3n) is 1.52. The molecule has 0 aromatic carbocycles. The molecule has 0 aliphatic rings. The fourth-order valence-corrected chi connectivity index (χ4v) is 0.870. The number of pyridine rings is 1. The Morgan fingerprint density at radius 2 is 2.43 bits per heavy atom. The van der Waals surface area contributed by atoms with Crippen molar-refractivity contribution in [2.75, 3.05) is 6.54 Å². The lowest BCUT2D eigenvalue weighted by atomic mass is 10.3. The molecule has 6 nitrogen and oxygen atoms in total. The smallest absolute Gasteiger partial charge is 0.241 e. The number of rotatable bonds is 5. The summed E-state index contributed by atoms with van der Waals surface area (Å²) in [5, 5.41) is 4.95. The van der Waals surface area contributed by atoms with E-state index >= 15 is 0 Å². The van der Waals surface area contributed by atoms with Crippen molar-refractivity contribution in [1.29, 1.82) is 0 Å². The quantitative estimate of drug-likeness (QED) is 0.509. The highest BCUT2D eigenvalue weighted by atomic mass is 16.3. The number of hydrogen-bond acceptors (Lipinski definition) is 4. The number of carbonyl (C=O) groups is 1. The van der Waals surface area contributed by atoms with E-state index in [0.29, 0.717) is 6.54 Å². The summed E-state index contributed by atoms with van der Waals surface area (Å²) in [5.74, 6) is -0.284. The number of aromatic nitrogens is 1. The van der Waals surface area contributed by atoms with Crippen LogP contribution in [0.5, 0.6) is 0 Å². The van der Waals surface area contributed by atoms with Crippen molar-refractivity contribution >= 4 is 5.91 Å². The van der Waals surface area contributed by atoms with Gasteiger partial charge in [-0.25, -0.2) is 0 Å². The lowest BCUT2D eigenvalue weighted by molar-refractivity contribution is -0.120. The first-order chi connectivity index (χ1) is 6.83. The summed E-state index contributed by atoms with van der Waals surface area (Å²) in [6.45, 7) is 0.289. The van der Waals surface area contributed by atoms with Crippen LogP contribution in [0.2, 0.25) is 0 Å². The normalized spacial score (nSPS) is 9.14. The van der Waals surface area contributed by atoms with Crippen LogP contribution < -0.4 is 10.7 Å². The number of nitrogens with zero attached hydrogens (tertiary/aromatic N) is 2. The molecule has 0 atom stereocenters. The lowest BCUT2D eigenvalue weighted by Gasteiger charge is -2.03. The van der Waals surface area contributed by atoms with Crippen molar-refractivity contribution in [3.63, 3.8) is 0 Å².